The Hall–Kier alpha value is -0.319. The van der Waals surface area contributed by atoms with E-state index in [4.69, 9.17) is 26.6 Å². The average Bonchev–Trinajstić information content (AvgIpc) is 2.80. The minimum atomic E-state index is -2.15. The third kappa shape index (κ3) is 11.9. The van der Waals surface area contributed by atoms with Crippen molar-refractivity contribution in [3.05, 3.63) is 0 Å². The van der Waals surface area contributed by atoms with E-state index in [9.17, 15) is 4.79 Å². The topological polar surface area (TPSA) is 87.7 Å². The summed E-state index contributed by atoms with van der Waals surface area (Å²) < 4.78 is 33.3. The maximum absolute atomic E-state index is 12.9. The number of hydrogen-bond acceptors (Lipinski definition) is 7. The number of rotatable bonds is 18. The molecule has 0 unspecified atom stereocenters. The third-order valence-electron chi connectivity index (χ3n) is 6.08. The van der Waals surface area contributed by atoms with Gasteiger partial charge in [-0.1, -0.05) is 0 Å². The van der Waals surface area contributed by atoms with Crippen LogP contribution in [0.2, 0.25) is 37.8 Å². The van der Waals surface area contributed by atoms with E-state index in [1.807, 2.05) is 24.5 Å². The van der Waals surface area contributed by atoms with Crippen LogP contribution in [0, 0.1) is 0 Å². The fraction of sp³-hybridized carbons (Fsp3) is 0.947. The number of carbonyl (C=O) groups is 1. The summed E-state index contributed by atoms with van der Waals surface area (Å²) in [5.74, 6) is 0. The van der Waals surface area contributed by atoms with Crippen LogP contribution in [0.4, 0.5) is 4.79 Å². The summed E-state index contributed by atoms with van der Waals surface area (Å²) in [6.07, 6.45) is 2.49. The van der Waals surface area contributed by atoms with Crippen molar-refractivity contribution in [3.8, 4) is 0 Å². The summed E-state index contributed by atoms with van der Waals surface area (Å²) >= 11 is 0. The predicted octanol–water partition coefficient (Wildman–Crippen LogP) is 3.26. The van der Waals surface area contributed by atoms with Crippen LogP contribution in [0.25, 0.3) is 0 Å². The van der Waals surface area contributed by atoms with E-state index in [-0.39, 0.29) is 6.03 Å². The van der Waals surface area contributed by atoms with Crippen molar-refractivity contribution >= 4 is 31.7 Å². The van der Waals surface area contributed by atoms with Crippen molar-refractivity contribution < 1.29 is 31.4 Å². The normalized spacial score (nSPS) is 12.8. The lowest BCUT2D eigenvalue weighted by molar-refractivity contribution is 0.193. The fourth-order valence-electron chi connectivity index (χ4n) is 3.08. The molecule has 0 aromatic rings. The lowest BCUT2D eigenvalue weighted by Gasteiger charge is -2.28. The van der Waals surface area contributed by atoms with E-state index < -0.39 is 25.7 Å². The Labute approximate surface area is 192 Å². The van der Waals surface area contributed by atoms with E-state index in [1.165, 1.54) is 0 Å². The summed E-state index contributed by atoms with van der Waals surface area (Å²) in [6, 6.07) is 2.45. The average molecular weight is 499 g/mol. The van der Waals surface area contributed by atoms with Crippen molar-refractivity contribution in [1.29, 1.82) is 0 Å². The van der Waals surface area contributed by atoms with Crippen LogP contribution in [-0.4, -0.2) is 98.9 Å². The van der Waals surface area contributed by atoms with Crippen LogP contribution in [0.5, 0.6) is 0 Å². The van der Waals surface area contributed by atoms with Crippen LogP contribution in [0.3, 0.4) is 0 Å². The van der Waals surface area contributed by atoms with Gasteiger partial charge in [-0.2, -0.15) is 0 Å². The van der Waals surface area contributed by atoms with Crippen LogP contribution >= 0.6 is 0 Å². The van der Waals surface area contributed by atoms with Crippen molar-refractivity contribution in [1.82, 2.24) is 10.2 Å². The molecule has 186 valence electrons. The van der Waals surface area contributed by atoms with Crippen LogP contribution < -0.4 is 5.32 Å². The molecule has 0 heterocycles. The minimum absolute atomic E-state index is 0.0467. The molecule has 0 aliphatic rings. The highest BCUT2D eigenvalue weighted by molar-refractivity contribution is 6.66. The molecule has 0 aromatic heterocycles. The van der Waals surface area contributed by atoms with Gasteiger partial charge in [0, 0.05) is 62.3 Å². The number of amides is 2. The zero-order valence-corrected chi connectivity index (χ0v) is 24.2. The van der Waals surface area contributed by atoms with E-state index in [1.54, 1.807) is 42.7 Å². The molecule has 0 aliphatic carbocycles. The molecule has 0 spiro atoms. The third-order valence-corrected chi connectivity index (χ3v) is 15.0. The second-order valence-electron chi connectivity index (χ2n) is 8.16. The maximum atomic E-state index is 12.9. The summed E-state index contributed by atoms with van der Waals surface area (Å²) in [4.78, 5) is 14.7. The molecule has 2 amide bonds. The molecule has 0 saturated heterocycles. The monoisotopic (exact) mass is 498 g/mol. The molecule has 0 aliphatic heterocycles. The summed E-state index contributed by atoms with van der Waals surface area (Å²) in [7, 11) is 3.74. The molecule has 0 aromatic carbocycles. The standard InChI is InChI=1S/C19H46N2O7Si3/c1-23-29(7,24-2)16-10-13-20-19(22)21(14-11-17-30(8,25-3)26-4)15-12-18-31(9,27-5)28-6/h10-18H2,1-9H3,(H,20,22). The smallest absolute Gasteiger partial charge is 0.334 e. The van der Waals surface area contributed by atoms with E-state index in [2.05, 4.69) is 5.32 Å². The minimum Gasteiger partial charge on any atom is -0.398 e. The van der Waals surface area contributed by atoms with E-state index in [0.29, 0.717) is 19.6 Å². The zero-order valence-electron chi connectivity index (χ0n) is 21.2. The molecular weight excluding hydrogens is 452 g/mol. The fourth-order valence-corrected chi connectivity index (χ4v) is 7.22. The largest absolute Gasteiger partial charge is 0.398 e. The van der Waals surface area contributed by atoms with Gasteiger partial charge in [0.2, 0.25) is 0 Å². The quantitative estimate of drug-likeness (QED) is 0.229. The van der Waals surface area contributed by atoms with Gasteiger partial charge in [-0.3, -0.25) is 0 Å². The highest BCUT2D eigenvalue weighted by atomic mass is 28.4. The Kier molecular flexibility index (Phi) is 15.3. The molecular formula is C19H46N2O7Si3. The number of hydrogen-bond donors (Lipinski definition) is 1. The molecule has 0 fully saturated rings. The first-order valence-corrected chi connectivity index (χ1v) is 18.5. The predicted molar refractivity (Wildman–Crippen MR) is 130 cm³/mol. The molecule has 0 bridgehead atoms. The Morgan fingerprint density at radius 3 is 1.29 bits per heavy atom. The Balaban J connectivity index is 4.77. The maximum Gasteiger partial charge on any atom is 0.334 e. The number of nitrogens with one attached hydrogen (secondary N) is 1. The van der Waals surface area contributed by atoms with Crippen molar-refractivity contribution in [3.63, 3.8) is 0 Å². The van der Waals surface area contributed by atoms with Crippen molar-refractivity contribution in [2.24, 2.45) is 0 Å². The van der Waals surface area contributed by atoms with Crippen molar-refractivity contribution in [2.75, 3.05) is 62.3 Å². The molecule has 0 saturated carbocycles. The SMILES string of the molecule is CO[Si](C)(CCCNC(=O)N(CCC[Si](C)(OC)OC)CCC[Si](C)(OC)OC)OC. The molecule has 0 atom stereocenters. The van der Waals surface area contributed by atoms with Gasteiger partial charge in [-0.25, -0.2) is 4.79 Å². The molecule has 9 nitrogen and oxygen atoms in total. The summed E-state index contributed by atoms with van der Waals surface area (Å²) in [5, 5.41) is 3.05. The molecule has 12 heteroatoms. The van der Waals surface area contributed by atoms with Gasteiger partial charge in [-0.15, -0.1) is 0 Å². The first-order chi connectivity index (χ1) is 14.6. The van der Waals surface area contributed by atoms with Gasteiger partial charge in [0.05, 0.1) is 0 Å². The molecule has 1 N–H and O–H groups in total. The lowest BCUT2D eigenvalue weighted by atomic mass is 10.3. The first-order valence-electron chi connectivity index (χ1n) is 10.9. The molecule has 0 rings (SSSR count). The number of nitrogens with zero attached hydrogens (tertiary/aromatic N) is 1. The van der Waals surface area contributed by atoms with E-state index in [0.717, 1.165) is 37.4 Å². The zero-order chi connectivity index (χ0) is 24.0. The van der Waals surface area contributed by atoms with Gasteiger partial charge in [0.1, 0.15) is 0 Å². The van der Waals surface area contributed by atoms with Crippen LogP contribution in [0.15, 0.2) is 0 Å². The van der Waals surface area contributed by atoms with Gasteiger partial charge in [0.15, 0.2) is 0 Å². The Morgan fingerprint density at radius 1 is 0.645 bits per heavy atom. The molecule has 0 radical (unpaired) electrons. The van der Waals surface area contributed by atoms with Crippen molar-refractivity contribution in [2.45, 2.75) is 57.0 Å². The second-order valence-corrected chi connectivity index (χ2v) is 18.9. The summed E-state index contributed by atoms with van der Waals surface area (Å²) in [6.45, 7) is 8.01. The van der Waals surface area contributed by atoms with Gasteiger partial charge in [0.25, 0.3) is 0 Å². The highest BCUT2D eigenvalue weighted by Crippen LogP contribution is 2.17. The van der Waals surface area contributed by atoms with Gasteiger partial charge >= 0.3 is 31.7 Å². The summed E-state index contributed by atoms with van der Waals surface area (Å²) in [5.41, 5.74) is 0. The van der Waals surface area contributed by atoms with Gasteiger partial charge < -0.3 is 36.8 Å². The Bertz CT molecular complexity index is 467. The highest BCUT2D eigenvalue weighted by Gasteiger charge is 2.31. The Morgan fingerprint density at radius 2 is 0.968 bits per heavy atom. The van der Waals surface area contributed by atoms with Crippen LogP contribution in [-0.2, 0) is 26.6 Å². The van der Waals surface area contributed by atoms with E-state index >= 15 is 0 Å². The second kappa shape index (κ2) is 15.5. The first kappa shape index (κ1) is 30.7. The molecule has 31 heavy (non-hydrogen) atoms. The van der Waals surface area contributed by atoms with Gasteiger partial charge in [-0.05, 0) is 57.0 Å². The number of urea groups is 1. The number of carbonyl (C=O) groups excluding carboxylic acids is 1. The lowest BCUT2D eigenvalue weighted by Crippen LogP contribution is -2.44. The van der Waals surface area contributed by atoms with Crippen LogP contribution in [0.1, 0.15) is 19.3 Å².